The Morgan fingerprint density at radius 2 is 2.15 bits per heavy atom. The second kappa shape index (κ2) is 6.74. The highest BCUT2D eigenvalue weighted by atomic mass is 35.5. The van der Waals surface area contributed by atoms with E-state index in [4.69, 9.17) is 16.9 Å². The van der Waals surface area contributed by atoms with Crippen molar-refractivity contribution in [2.75, 3.05) is 19.6 Å². The van der Waals surface area contributed by atoms with Gasteiger partial charge in [0.05, 0.1) is 12.6 Å². The van der Waals surface area contributed by atoms with Crippen molar-refractivity contribution < 1.29 is 4.79 Å². The fourth-order valence-corrected chi connectivity index (χ4v) is 2.76. The van der Waals surface area contributed by atoms with E-state index in [0.717, 1.165) is 31.5 Å². The minimum absolute atomic E-state index is 0.0747. The van der Waals surface area contributed by atoms with Crippen LogP contribution < -0.4 is 5.32 Å². The minimum Gasteiger partial charge on any atom is -0.349 e. The quantitative estimate of drug-likeness (QED) is 0.870. The standard InChI is InChI=1S/C15H18ClN3O/c1-11-8-12(10-13(16)9-11)15(20)18-14-2-5-19(6-3-14)7-4-17/h8-10,14H,2-3,5-7H2,1H3,(H,18,20). The van der Waals surface area contributed by atoms with Crippen molar-refractivity contribution >= 4 is 17.5 Å². The maximum Gasteiger partial charge on any atom is 0.251 e. The zero-order chi connectivity index (χ0) is 14.5. The number of hydrogen-bond donors (Lipinski definition) is 1. The number of nitrogens with one attached hydrogen (secondary N) is 1. The third-order valence-corrected chi connectivity index (χ3v) is 3.74. The first-order chi connectivity index (χ1) is 9.58. The van der Waals surface area contributed by atoms with Gasteiger partial charge in [0.25, 0.3) is 5.91 Å². The first kappa shape index (κ1) is 14.8. The molecule has 1 saturated heterocycles. The van der Waals surface area contributed by atoms with Gasteiger partial charge >= 0.3 is 0 Å². The van der Waals surface area contributed by atoms with E-state index in [2.05, 4.69) is 16.3 Å². The summed E-state index contributed by atoms with van der Waals surface area (Å²) in [6.45, 7) is 4.09. The topological polar surface area (TPSA) is 56.1 Å². The molecule has 0 radical (unpaired) electrons. The van der Waals surface area contributed by atoms with E-state index in [1.807, 2.05) is 19.1 Å². The molecule has 1 aliphatic heterocycles. The molecule has 20 heavy (non-hydrogen) atoms. The van der Waals surface area contributed by atoms with Crippen LogP contribution in [-0.2, 0) is 0 Å². The van der Waals surface area contributed by atoms with Crippen LogP contribution in [0.1, 0.15) is 28.8 Å². The molecule has 4 nitrogen and oxygen atoms in total. The van der Waals surface area contributed by atoms with Crippen molar-refractivity contribution in [1.82, 2.24) is 10.2 Å². The molecule has 106 valence electrons. The van der Waals surface area contributed by atoms with Crippen molar-refractivity contribution in [2.24, 2.45) is 0 Å². The molecule has 0 unspecified atom stereocenters. The number of likely N-dealkylation sites (tertiary alicyclic amines) is 1. The van der Waals surface area contributed by atoms with Crippen molar-refractivity contribution in [3.05, 3.63) is 34.3 Å². The molecule has 1 N–H and O–H groups in total. The van der Waals surface area contributed by atoms with Gasteiger partial charge in [-0.1, -0.05) is 11.6 Å². The summed E-state index contributed by atoms with van der Waals surface area (Å²) in [5, 5.41) is 12.3. The minimum atomic E-state index is -0.0747. The molecule has 0 aromatic heterocycles. The lowest BCUT2D eigenvalue weighted by Gasteiger charge is -2.30. The summed E-state index contributed by atoms with van der Waals surface area (Å²) in [5.74, 6) is -0.0747. The smallest absolute Gasteiger partial charge is 0.251 e. The Kier molecular flexibility index (Phi) is 4.99. The Morgan fingerprint density at radius 3 is 2.75 bits per heavy atom. The number of nitriles is 1. The number of amides is 1. The Bertz CT molecular complexity index is 510. The fourth-order valence-electron chi connectivity index (χ4n) is 2.47. The van der Waals surface area contributed by atoms with E-state index in [9.17, 15) is 4.79 Å². The summed E-state index contributed by atoms with van der Waals surface area (Å²) in [4.78, 5) is 14.3. The van der Waals surface area contributed by atoms with E-state index < -0.39 is 0 Å². The number of aryl methyl sites for hydroxylation is 1. The summed E-state index contributed by atoms with van der Waals surface area (Å²) >= 11 is 5.97. The normalized spacial score (nSPS) is 16.6. The van der Waals surface area contributed by atoms with Gasteiger partial charge in [0.15, 0.2) is 0 Å². The van der Waals surface area contributed by atoms with Gasteiger partial charge < -0.3 is 5.32 Å². The van der Waals surface area contributed by atoms with Crippen LogP contribution >= 0.6 is 11.6 Å². The van der Waals surface area contributed by atoms with Gasteiger partial charge in [-0.3, -0.25) is 9.69 Å². The lowest BCUT2D eigenvalue weighted by molar-refractivity contribution is 0.0914. The van der Waals surface area contributed by atoms with Crippen LogP contribution in [0, 0.1) is 18.3 Å². The molecule has 1 aliphatic rings. The molecule has 1 aromatic carbocycles. The number of hydrogen-bond acceptors (Lipinski definition) is 3. The predicted molar refractivity (Wildman–Crippen MR) is 78.7 cm³/mol. The zero-order valence-corrected chi connectivity index (χ0v) is 12.3. The SMILES string of the molecule is Cc1cc(Cl)cc(C(=O)NC2CCN(CC#N)CC2)c1. The monoisotopic (exact) mass is 291 g/mol. The number of nitrogens with zero attached hydrogens (tertiary/aromatic N) is 2. The van der Waals surface area contributed by atoms with E-state index in [1.54, 1.807) is 6.07 Å². The molecular formula is C15H18ClN3O. The first-order valence-electron chi connectivity index (χ1n) is 6.76. The predicted octanol–water partition coefficient (Wildman–Crippen LogP) is 2.37. The van der Waals surface area contributed by atoms with Gasteiger partial charge in [-0.25, -0.2) is 0 Å². The van der Waals surface area contributed by atoms with E-state index in [0.29, 0.717) is 17.1 Å². The number of carbonyl (C=O) groups excluding carboxylic acids is 1. The van der Waals surface area contributed by atoms with Gasteiger partial charge in [-0.05, 0) is 43.5 Å². The Labute approximate surface area is 124 Å². The van der Waals surface area contributed by atoms with Gasteiger partial charge in [0.1, 0.15) is 0 Å². The Hall–Kier alpha value is -1.57. The Balaban J connectivity index is 1.91. The summed E-state index contributed by atoms with van der Waals surface area (Å²) in [6.07, 6.45) is 1.76. The van der Waals surface area contributed by atoms with E-state index in [1.165, 1.54) is 0 Å². The molecular weight excluding hydrogens is 274 g/mol. The van der Waals surface area contributed by atoms with Crippen molar-refractivity contribution in [3.63, 3.8) is 0 Å². The summed E-state index contributed by atoms with van der Waals surface area (Å²) in [6, 6.07) is 7.69. The van der Waals surface area contributed by atoms with Crippen LogP contribution in [0.3, 0.4) is 0 Å². The van der Waals surface area contributed by atoms with Gasteiger partial charge in [-0.15, -0.1) is 0 Å². The zero-order valence-electron chi connectivity index (χ0n) is 11.5. The molecule has 0 saturated carbocycles. The van der Waals surface area contributed by atoms with Crippen LogP contribution in [-0.4, -0.2) is 36.5 Å². The molecule has 1 heterocycles. The van der Waals surface area contributed by atoms with Crippen molar-refractivity contribution in [2.45, 2.75) is 25.8 Å². The molecule has 1 fully saturated rings. The second-order valence-electron chi connectivity index (χ2n) is 5.20. The maximum atomic E-state index is 12.2. The number of carbonyl (C=O) groups is 1. The second-order valence-corrected chi connectivity index (χ2v) is 5.64. The highest BCUT2D eigenvalue weighted by Crippen LogP contribution is 2.16. The summed E-state index contributed by atoms with van der Waals surface area (Å²) < 4.78 is 0. The number of benzene rings is 1. The lowest BCUT2D eigenvalue weighted by atomic mass is 10.0. The largest absolute Gasteiger partial charge is 0.349 e. The van der Waals surface area contributed by atoms with Crippen molar-refractivity contribution in [3.8, 4) is 6.07 Å². The van der Waals surface area contributed by atoms with E-state index >= 15 is 0 Å². The van der Waals surface area contributed by atoms with Crippen LogP contribution in [0.25, 0.3) is 0 Å². The highest BCUT2D eigenvalue weighted by molar-refractivity contribution is 6.31. The van der Waals surface area contributed by atoms with Gasteiger partial charge in [0.2, 0.25) is 0 Å². The molecule has 0 atom stereocenters. The van der Waals surface area contributed by atoms with Crippen LogP contribution in [0.4, 0.5) is 0 Å². The molecule has 0 aliphatic carbocycles. The van der Waals surface area contributed by atoms with E-state index in [-0.39, 0.29) is 11.9 Å². The average molecular weight is 292 g/mol. The molecule has 1 aromatic rings. The third kappa shape index (κ3) is 3.96. The number of halogens is 1. The summed E-state index contributed by atoms with van der Waals surface area (Å²) in [7, 11) is 0. The van der Waals surface area contributed by atoms with Crippen LogP contribution in [0.5, 0.6) is 0 Å². The van der Waals surface area contributed by atoms with Crippen LogP contribution in [0.15, 0.2) is 18.2 Å². The molecule has 0 bridgehead atoms. The van der Waals surface area contributed by atoms with Gasteiger partial charge in [-0.2, -0.15) is 5.26 Å². The average Bonchev–Trinajstić information content (AvgIpc) is 2.40. The third-order valence-electron chi connectivity index (χ3n) is 3.52. The fraction of sp³-hybridized carbons (Fsp3) is 0.467. The first-order valence-corrected chi connectivity index (χ1v) is 7.13. The Morgan fingerprint density at radius 1 is 1.45 bits per heavy atom. The summed E-state index contributed by atoms with van der Waals surface area (Å²) in [5.41, 5.74) is 1.58. The molecule has 1 amide bonds. The number of rotatable bonds is 3. The molecule has 0 spiro atoms. The number of piperidine rings is 1. The maximum absolute atomic E-state index is 12.2. The van der Waals surface area contributed by atoms with Crippen molar-refractivity contribution in [1.29, 1.82) is 5.26 Å². The molecule has 2 rings (SSSR count). The highest BCUT2D eigenvalue weighted by Gasteiger charge is 2.21. The van der Waals surface area contributed by atoms with Crippen LogP contribution in [0.2, 0.25) is 5.02 Å². The van der Waals surface area contributed by atoms with Gasteiger partial charge in [0, 0.05) is 29.7 Å². The lowest BCUT2D eigenvalue weighted by Crippen LogP contribution is -2.44. The molecule has 5 heteroatoms.